The van der Waals surface area contributed by atoms with Crippen molar-refractivity contribution in [3.8, 4) is 22.3 Å². The predicted molar refractivity (Wildman–Crippen MR) is 177 cm³/mol. The van der Waals surface area contributed by atoms with Gasteiger partial charge in [0, 0.05) is 0 Å². The van der Waals surface area contributed by atoms with Gasteiger partial charge in [-0.15, -0.1) is 0 Å². The summed E-state index contributed by atoms with van der Waals surface area (Å²) in [6, 6.07) is 27.4. The van der Waals surface area contributed by atoms with E-state index in [0.717, 1.165) is 12.8 Å². The van der Waals surface area contributed by atoms with Crippen molar-refractivity contribution in [1.29, 1.82) is 0 Å². The number of hydrogen-bond donors (Lipinski definition) is 0. The first kappa shape index (κ1) is 28.4. The molecule has 1 heterocycles. The first-order chi connectivity index (χ1) is 19.0. The molecule has 0 saturated heterocycles. The minimum absolute atomic E-state index is 0.0430. The number of hydrogen-bond acceptors (Lipinski definition) is 0. The first-order valence-electron chi connectivity index (χ1n) is 14.6. The molecule has 0 aromatic heterocycles. The summed E-state index contributed by atoms with van der Waals surface area (Å²) in [5.74, 6) is 0. The van der Waals surface area contributed by atoms with Crippen molar-refractivity contribution in [2.75, 3.05) is 0 Å². The summed E-state index contributed by atoms with van der Waals surface area (Å²) in [5, 5.41) is 3.00. The van der Waals surface area contributed by atoms with E-state index in [1.807, 2.05) is 0 Å². The number of allylic oxidation sites excluding steroid dienone is 1. The van der Waals surface area contributed by atoms with Crippen LogP contribution in [-0.2, 0) is 24.3 Å². The molecule has 0 nitrogen and oxygen atoms in total. The Kier molecular flexibility index (Phi) is 7.49. The van der Waals surface area contributed by atoms with E-state index in [2.05, 4.69) is 120 Å². The Hall–Kier alpha value is -1.70. The zero-order chi connectivity index (χ0) is 28.4. The van der Waals surface area contributed by atoms with Crippen LogP contribution in [0.25, 0.3) is 28.3 Å². The van der Waals surface area contributed by atoms with Crippen LogP contribution in [0.15, 0.2) is 78.4 Å². The van der Waals surface area contributed by atoms with Crippen molar-refractivity contribution in [3.63, 3.8) is 0 Å². The number of halogens is 2. The maximum atomic E-state index is 7.93. The molecule has 0 saturated carbocycles. The van der Waals surface area contributed by atoms with E-state index in [-0.39, 0.29) is 9.04 Å². The monoisotopic (exact) mass is 658 g/mol. The van der Waals surface area contributed by atoms with Gasteiger partial charge in [0.2, 0.25) is 0 Å². The molecule has 0 N–H and O–H groups in total. The molecule has 1 atom stereocenters. The van der Waals surface area contributed by atoms with Gasteiger partial charge in [-0.2, -0.15) is 0 Å². The van der Waals surface area contributed by atoms with Gasteiger partial charge in [0.05, 0.1) is 0 Å². The summed E-state index contributed by atoms with van der Waals surface area (Å²) in [4.78, 5) is 0. The zero-order valence-corrected chi connectivity index (χ0v) is 29.8. The summed E-state index contributed by atoms with van der Waals surface area (Å²) in [6.07, 6.45) is 4.66. The third kappa shape index (κ3) is 4.78. The number of benzene rings is 4. The summed E-state index contributed by atoms with van der Waals surface area (Å²) in [5.41, 5.74) is 13.5. The van der Waals surface area contributed by atoms with Crippen LogP contribution < -0.4 is 13.6 Å². The fourth-order valence-electron chi connectivity index (χ4n) is 7.10. The van der Waals surface area contributed by atoms with Gasteiger partial charge in [0.25, 0.3) is 0 Å². The number of fused-ring (bicyclic) bond motifs is 4. The maximum absolute atomic E-state index is 7.93. The second-order valence-corrected chi connectivity index (χ2v) is 28.6. The fraction of sp³-hybridized carbons (Fsp3) is 0.278. The van der Waals surface area contributed by atoms with Crippen molar-refractivity contribution in [2.24, 2.45) is 5.41 Å². The fourth-order valence-corrected chi connectivity index (χ4v) is 24.2. The van der Waals surface area contributed by atoms with Gasteiger partial charge in [-0.3, -0.25) is 0 Å². The van der Waals surface area contributed by atoms with E-state index in [1.54, 1.807) is 0 Å². The van der Waals surface area contributed by atoms with Crippen molar-refractivity contribution < 1.29 is 17.9 Å². The van der Waals surface area contributed by atoms with Crippen LogP contribution in [-0.4, -0.2) is 9.52 Å². The Balaban J connectivity index is 1.58. The van der Waals surface area contributed by atoms with E-state index in [0.29, 0.717) is 0 Å². The van der Waals surface area contributed by atoms with E-state index < -0.39 is 27.4 Å². The molecule has 0 radical (unpaired) electrons. The molecule has 0 fully saturated rings. The van der Waals surface area contributed by atoms with Crippen LogP contribution in [0.5, 0.6) is 0 Å². The predicted octanol–water partition coefficient (Wildman–Crippen LogP) is 8.29. The first-order valence-corrected chi connectivity index (χ1v) is 24.9. The molecule has 0 amide bonds. The van der Waals surface area contributed by atoms with Gasteiger partial charge >= 0.3 is 256 Å². The molecule has 4 heteroatoms. The molecule has 1 aliphatic carbocycles. The average molecular weight is 661 g/mol. The van der Waals surface area contributed by atoms with Crippen molar-refractivity contribution >= 4 is 46.3 Å². The van der Waals surface area contributed by atoms with Gasteiger partial charge in [-0.25, -0.2) is 0 Å². The van der Waals surface area contributed by atoms with Crippen LogP contribution in [0.2, 0.25) is 0 Å². The summed E-state index contributed by atoms with van der Waals surface area (Å²) < 4.78 is 1.38. The zero-order valence-electron chi connectivity index (χ0n) is 24.5. The topological polar surface area (TPSA) is 0 Å². The molecule has 0 bridgehead atoms. The van der Waals surface area contributed by atoms with Crippen LogP contribution >= 0.6 is 17.0 Å². The average Bonchev–Trinajstić information content (AvgIpc) is 3.47. The Labute approximate surface area is 254 Å². The van der Waals surface area contributed by atoms with Gasteiger partial charge in [0.15, 0.2) is 0 Å². The molecule has 1 aliphatic heterocycles. The van der Waals surface area contributed by atoms with Gasteiger partial charge in [-0.05, 0) is 0 Å². The van der Waals surface area contributed by atoms with Crippen LogP contribution in [0.4, 0.5) is 0 Å². The molecule has 204 valence electrons. The Morgan fingerprint density at radius 3 is 2.25 bits per heavy atom. The van der Waals surface area contributed by atoms with E-state index in [4.69, 9.17) is 17.0 Å². The third-order valence-electron chi connectivity index (χ3n) is 8.76. The normalized spacial score (nSPS) is 16.6. The second kappa shape index (κ2) is 10.5. The number of rotatable bonds is 5. The van der Waals surface area contributed by atoms with Crippen molar-refractivity contribution in [2.45, 2.75) is 58.0 Å². The molecular weight excluding hydrogens is 623 g/mol. The van der Waals surface area contributed by atoms with Gasteiger partial charge in [0.1, 0.15) is 0 Å². The molecule has 4 aromatic rings. The SMILES string of the molecule is CCCc1ccc2c(c1-c1cc(C)cc(C)c1)C=C(C(C)(C)C)[CH]2[Zr]([Cl])([Cl])[c]1cccc2c1[SiH2]c1ccccc1-2. The second-order valence-electron chi connectivity index (χ2n) is 12.8. The quantitative estimate of drug-likeness (QED) is 0.167. The molecule has 0 spiro atoms. The van der Waals surface area contributed by atoms with Crippen LogP contribution in [0.1, 0.15) is 65.6 Å². The molecule has 2 aliphatic rings. The van der Waals surface area contributed by atoms with Gasteiger partial charge in [-0.1, -0.05) is 0 Å². The molecular formula is C36H38Cl2SiZr. The Morgan fingerprint density at radius 2 is 1.55 bits per heavy atom. The van der Waals surface area contributed by atoms with E-state index in [1.165, 1.54) is 69.3 Å². The summed E-state index contributed by atoms with van der Waals surface area (Å²) in [7, 11) is 15.2. The van der Waals surface area contributed by atoms with Crippen molar-refractivity contribution in [1.82, 2.24) is 0 Å². The Bertz CT molecular complexity index is 1650. The molecule has 40 heavy (non-hydrogen) atoms. The van der Waals surface area contributed by atoms with E-state index >= 15 is 0 Å². The van der Waals surface area contributed by atoms with Crippen LogP contribution in [0, 0.1) is 19.3 Å². The van der Waals surface area contributed by atoms with Crippen molar-refractivity contribution in [3.05, 3.63) is 106 Å². The van der Waals surface area contributed by atoms with Gasteiger partial charge < -0.3 is 0 Å². The summed E-state index contributed by atoms with van der Waals surface area (Å²) in [6.45, 7) is 13.7. The Morgan fingerprint density at radius 1 is 0.850 bits per heavy atom. The van der Waals surface area contributed by atoms with E-state index in [9.17, 15) is 0 Å². The molecule has 6 rings (SSSR count). The minimum atomic E-state index is -4.04. The molecule has 4 aromatic carbocycles. The molecule has 1 unspecified atom stereocenters. The standard InChI is InChI=1S/C24H29.C12H9Si.2ClH.Zr/c1-7-8-18-9-10-19-14-21(24(4,5)6)15-22(19)23(18)20-12-16(2)11-17(3)13-20;1-3-7-11-9(5-1)10-6-2-4-8-12(10)13-11;;;/h9-15H,7-8H2,1-6H3;1-7H,13H2;2*1H;/q;;;;+2/p-2. The summed E-state index contributed by atoms with van der Waals surface area (Å²) >= 11 is -4.04. The van der Waals surface area contributed by atoms with Crippen LogP contribution in [0.3, 0.4) is 0 Å². The third-order valence-corrected chi connectivity index (χ3v) is 23.0. The number of aryl methyl sites for hydroxylation is 3.